The number of alkyl halides is 1. The molecule has 0 radical (unpaired) electrons. The van der Waals surface area contributed by atoms with Crippen molar-refractivity contribution < 1.29 is 4.74 Å². The van der Waals surface area contributed by atoms with E-state index in [2.05, 4.69) is 39.4 Å². The minimum Gasteiger partial charge on any atom is -0.494 e. The van der Waals surface area contributed by atoms with Gasteiger partial charge in [0, 0.05) is 17.6 Å². The van der Waals surface area contributed by atoms with Crippen molar-refractivity contribution in [3.8, 4) is 5.75 Å². The van der Waals surface area contributed by atoms with Gasteiger partial charge in [0.05, 0.1) is 6.61 Å². The largest absolute Gasteiger partial charge is 0.494 e. The number of benzene rings is 1. The SMILES string of the molecule is BrCCCCCCOc1ccc2c(c1)CCCN2. The third-order valence-corrected chi connectivity index (χ3v) is 3.87. The second-order valence-electron chi connectivity index (χ2n) is 4.80. The Kier molecular flexibility index (Phi) is 5.85. The van der Waals surface area contributed by atoms with Gasteiger partial charge in [0.1, 0.15) is 5.75 Å². The number of unbranched alkanes of at least 4 members (excludes halogenated alkanes) is 3. The Bertz CT molecular complexity index is 368. The Balaban J connectivity index is 1.72. The lowest BCUT2D eigenvalue weighted by molar-refractivity contribution is 0.305. The molecule has 0 bridgehead atoms. The lowest BCUT2D eigenvalue weighted by Crippen LogP contribution is -2.11. The number of aryl methyl sites for hydroxylation is 1. The van der Waals surface area contributed by atoms with Crippen molar-refractivity contribution in [1.29, 1.82) is 0 Å². The lowest BCUT2D eigenvalue weighted by atomic mass is 10.0. The van der Waals surface area contributed by atoms with Crippen LogP contribution in [0, 0.1) is 0 Å². The van der Waals surface area contributed by atoms with E-state index in [-0.39, 0.29) is 0 Å². The second kappa shape index (κ2) is 7.67. The standard InChI is InChI=1S/C15H22BrNO/c16-9-3-1-2-4-11-18-14-7-8-15-13(12-14)6-5-10-17-15/h7-8,12,17H,1-6,9-11H2. The average Bonchev–Trinajstić information content (AvgIpc) is 2.42. The molecule has 0 spiro atoms. The zero-order chi connectivity index (χ0) is 12.6. The van der Waals surface area contributed by atoms with E-state index in [1.54, 1.807) is 0 Å². The van der Waals surface area contributed by atoms with Crippen LogP contribution in [0.25, 0.3) is 0 Å². The van der Waals surface area contributed by atoms with E-state index in [1.807, 2.05) is 0 Å². The first kappa shape index (κ1) is 13.7. The predicted octanol–water partition coefficient (Wildman–Crippen LogP) is 4.38. The highest BCUT2D eigenvalue weighted by Gasteiger charge is 2.08. The molecular formula is C15H22BrNO. The number of fused-ring (bicyclic) bond motifs is 1. The van der Waals surface area contributed by atoms with E-state index in [9.17, 15) is 0 Å². The third kappa shape index (κ3) is 4.20. The van der Waals surface area contributed by atoms with Crippen molar-refractivity contribution in [3.05, 3.63) is 23.8 Å². The van der Waals surface area contributed by atoms with Crippen LogP contribution >= 0.6 is 15.9 Å². The van der Waals surface area contributed by atoms with Crippen LogP contribution in [0.15, 0.2) is 18.2 Å². The first-order chi connectivity index (χ1) is 8.90. The molecule has 0 saturated heterocycles. The summed E-state index contributed by atoms with van der Waals surface area (Å²) in [6, 6.07) is 6.42. The molecule has 2 rings (SSSR count). The molecule has 1 aliphatic rings. The summed E-state index contributed by atoms with van der Waals surface area (Å²) in [6.07, 6.45) is 7.38. The van der Waals surface area contributed by atoms with Crippen molar-refractivity contribution >= 4 is 21.6 Å². The minimum atomic E-state index is 0.842. The summed E-state index contributed by atoms with van der Waals surface area (Å²) in [5, 5.41) is 4.54. The summed E-state index contributed by atoms with van der Waals surface area (Å²) < 4.78 is 5.81. The van der Waals surface area contributed by atoms with Crippen LogP contribution in [0.4, 0.5) is 5.69 Å². The molecule has 1 heterocycles. The molecule has 0 aliphatic carbocycles. The third-order valence-electron chi connectivity index (χ3n) is 3.31. The molecule has 100 valence electrons. The van der Waals surface area contributed by atoms with Gasteiger partial charge in [0.15, 0.2) is 0 Å². The topological polar surface area (TPSA) is 21.3 Å². The summed E-state index contributed by atoms with van der Waals surface area (Å²) >= 11 is 3.45. The Morgan fingerprint density at radius 2 is 2.06 bits per heavy atom. The van der Waals surface area contributed by atoms with Crippen LogP contribution in [-0.4, -0.2) is 18.5 Å². The summed E-state index contributed by atoms with van der Waals surface area (Å²) in [4.78, 5) is 0. The van der Waals surface area contributed by atoms with Crippen LogP contribution in [-0.2, 0) is 6.42 Å². The van der Waals surface area contributed by atoms with Gasteiger partial charge in [-0.1, -0.05) is 28.8 Å². The zero-order valence-corrected chi connectivity index (χ0v) is 12.5. The Labute approximate surface area is 118 Å². The van der Waals surface area contributed by atoms with Gasteiger partial charge in [-0.15, -0.1) is 0 Å². The van der Waals surface area contributed by atoms with Gasteiger partial charge in [-0.3, -0.25) is 0 Å². The van der Waals surface area contributed by atoms with Crippen LogP contribution in [0.1, 0.15) is 37.7 Å². The number of hydrogen-bond acceptors (Lipinski definition) is 2. The summed E-state index contributed by atoms with van der Waals surface area (Å²) in [7, 11) is 0. The Morgan fingerprint density at radius 3 is 2.94 bits per heavy atom. The Morgan fingerprint density at radius 1 is 1.17 bits per heavy atom. The van der Waals surface area contributed by atoms with Gasteiger partial charge in [0.2, 0.25) is 0 Å². The number of anilines is 1. The number of rotatable bonds is 7. The molecule has 0 saturated carbocycles. The summed E-state index contributed by atoms with van der Waals surface area (Å²) in [6.45, 7) is 1.94. The molecule has 3 heteroatoms. The van der Waals surface area contributed by atoms with Crippen LogP contribution in [0.2, 0.25) is 0 Å². The van der Waals surface area contributed by atoms with Crippen molar-refractivity contribution in [1.82, 2.24) is 0 Å². The van der Waals surface area contributed by atoms with Gasteiger partial charge in [-0.25, -0.2) is 0 Å². The maximum atomic E-state index is 5.81. The lowest BCUT2D eigenvalue weighted by Gasteiger charge is -2.18. The maximum Gasteiger partial charge on any atom is 0.119 e. The molecule has 0 amide bonds. The molecule has 2 nitrogen and oxygen atoms in total. The van der Waals surface area contributed by atoms with Gasteiger partial charge in [-0.2, -0.15) is 0 Å². The first-order valence-electron chi connectivity index (χ1n) is 6.96. The zero-order valence-electron chi connectivity index (χ0n) is 10.9. The van der Waals surface area contributed by atoms with Crippen molar-refractivity contribution in [2.75, 3.05) is 23.8 Å². The highest BCUT2D eigenvalue weighted by Crippen LogP contribution is 2.26. The Hall–Kier alpha value is -0.700. The van der Waals surface area contributed by atoms with Crippen molar-refractivity contribution in [3.63, 3.8) is 0 Å². The molecule has 1 aliphatic heterocycles. The highest BCUT2D eigenvalue weighted by atomic mass is 79.9. The van der Waals surface area contributed by atoms with E-state index in [4.69, 9.17) is 4.74 Å². The molecule has 0 atom stereocenters. The van der Waals surface area contributed by atoms with Crippen molar-refractivity contribution in [2.45, 2.75) is 38.5 Å². The molecule has 1 aromatic carbocycles. The minimum absolute atomic E-state index is 0.842. The van der Waals surface area contributed by atoms with Crippen LogP contribution in [0.5, 0.6) is 5.75 Å². The number of halogens is 1. The van der Waals surface area contributed by atoms with Gasteiger partial charge in [-0.05, 0) is 49.4 Å². The molecule has 1 aromatic rings. The second-order valence-corrected chi connectivity index (χ2v) is 5.59. The molecule has 0 fully saturated rings. The van der Waals surface area contributed by atoms with E-state index >= 15 is 0 Å². The maximum absolute atomic E-state index is 5.81. The van der Waals surface area contributed by atoms with Crippen molar-refractivity contribution in [2.24, 2.45) is 0 Å². The fourth-order valence-electron chi connectivity index (χ4n) is 2.28. The smallest absolute Gasteiger partial charge is 0.119 e. The quantitative estimate of drug-likeness (QED) is 0.596. The molecule has 0 unspecified atom stereocenters. The average molecular weight is 312 g/mol. The number of hydrogen-bond donors (Lipinski definition) is 1. The fourth-order valence-corrected chi connectivity index (χ4v) is 2.68. The van der Waals surface area contributed by atoms with Crippen LogP contribution in [0.3, 0.4) is 0 Å². The van der Waals surface area contributed by atoms with E-state index in [0.29, 0.717) is 0 Å². The summed E-state index contributed by atoms with van der Waals surface area (Å²) in [5.41, 5.74) is 2.68. The molecule has 0 aromatic heterocycles. The van der Waals surface area contributed by atoms with Gasteiger partial charge >= 0.3 is 0 Å². The monoisotopic (exact) mass is 311 g/mol. The predicted molar refractivity (Wildman–Crippen MR) is 81.0 cm³/mol. The highest BCUT2D eigenvalue weighted by molar-refractivity contribution is 9.09. The van der Waals surface area contributed by atoms with E-state index in [0.717, 1.165) is 30.7 Å². The van der Waals surface area contributed by atoms with Gasteiger partial charge in [0.25, 0.3) is 0 Å². The van der Waals surface area contributed by atoms with E-state index < -0.39 is 0 Å². The normalized spacial score (nSPS) is 13.8. The molecule has 1 N–H and O–H groups in total. The van der Waals surface area contributed by atoms with Gasteiger partial charge < -0.3 is 10.1 Å². The number of nitrogens with one attached hydrogen (secondary N) is 1. The fraction of sp³-hybridized carbons (Fsp3) is 0.600. The number of ether oxygens (including phenoxy) is 1. The summed E-state index contributed by atoms with van der Waals surface area (Å²) in [5.74, 6) is 1.03. The van der Waals surface area contributed by atoms with E-state index in [1.165, 1.54) is 43.4 Å². The molecular weight excluding hydrogens is 290 g/mol. The first-order valence-corrected chi connectivity index (χ1v) is 8.08. The molecule has 18 heavy (non-hydrogen) atoms. The van der Waals surface area contributed by atoms with Crippen LogP contribution < -0.4 is 10.1 Å².